The van der Waals surface area contributed by atoms with E-state index in [1.165, 1.54) is 12.3 Å². The molecule has 0 aliphatic carbocycles. The Morgan fingerprint density at radius 3 is 2.24 bits per heavy atom. The Morgan fingerprint density at radius 1 is 1.12 bits per heavy atom. The van der Waals surface area contributed by atoms with Crippen molar-refractivity contribution < 1.29 is 8.78 Å². The van der Waals surface area contributed by atoms with Crippen LogP contribution in [0.3, 0.4) is 0 Å². The first-order valence-electron chi connectivity index (χ1n) is 5.90. The molecule has 0 saturated heterocycles. The summed E-state index contributed by atoms with van der Waals surface area (Å²) in [5.41, 5.74) is 2.26. The number of rotatable bonds is 1. The number of aryl methyl sites for hydroxylation is 1. The number of nitrogens with zero attached hydrogens (tertiary/aromatic N) is 1. The standard InChI is InChI=1S/C9H8F2N2.2C2H6/c1-5-2-7-8(13-5)3-6(4-12-7)9(10)11;2*1-2/h2-4,9,13H,1H3;2*1-2H3. The Bertz CT molecular complexity index is 436. The molecule has 2 rings (SSSR count). The quantitative estimate of drug-likeness (QED) is 0.760. The number of aromatic nitrogens is 2. The maximum absolute atomic E-state index is 12.2. The van der Waals surface area contributed by atoms with Crippen LogP contribution in [0.2, 0.25) is 0 Å². The van der Waals surface area contributed by atoms with Gasteiger partial charge in [-0.3, -0.25) is 4.98 Å². The predicted molar refractivity (Wildman–Crippen MR) is 68.5 cm³/mol. The van der Waals surface area contributed by atoms with Gasteiger partial charge in [0.2, 0.25) is 0 Å². The lowest BCUT2D eigenvalue weighted by atomic mass is 10.2. The molecule has 0 saturated carbocycles. The number of nitrogens with one attached hydrogen (secondary N) is 1. The third-order valence-electron chi connectivity index (χ3n) is 1.88. The summed E-state index contributed by atoms with van der Waals surface area (Å²) in [5.74, 6) is 0. The average molecular weight is 242 g/mol. The van der Waals surface area contributed by atoms with Gasteiger partial charge in [-0.05, 0) is 19.1 Å². The number of hydrogen-bond donors (Lipinski definition) is 1. The molecular formula is C13H20F2N2. The fourth-order valence-electron chi connectivity index (χ4n) is 1.28. The fourth-order valence-corrected chi connectivity index (χ4v) is 1.28. The van der Waals surface area contributed by atoms with Crippen LogP contribution in [0.15, 0.2) is 18.3 Å². The highest BCUT2D eigenvalue weighted by Gasteiger charge is 2.08. The van der Waals surface area contributed by atoms with E-state index < -0.39 is 6.43 Å². The summed E-state index contributed by atoms with van der Waals surface area (Å²) in [4.78, 5) is 6.87. The van der Waals surface area contributed by atoms with Crippen molar-refractivity contribution in [2.75, 3.05) is 0 Å². The van der Waals surface area contributed by atoms with Gasteiger partial charge in [-0.2, -0.15) is 0 Å². The number of alkyl halides is 2. The van der Waals surface area contributed by atoms with Crippen LogP contribution in [0.4, 0.5) is 8.78 Å². The number of fused-ring (bicyclic) bond motifs is 1. The maximum atomic E-state index is 12.2. The second-order valence-corrected chi connectivity index (χ2v) is 2.95. The van der Waals surface area contributed by atoms with Crippen molar-refractivity contribution in [3.05, 3.63) is 29.6 Å². The molecule has 0 radical (unpaired) electrons. The van der Waals surface area contributed by atoms with Crippen LogP contribution in [0, 0.1) is 6.92 Å². The lowest BCUT2D eigenvalue weighted by Crippen LogP contribution is -1.85. The zero-order valence-electron chi connectivity index (χ0n) is 11.0. The largest absolute Gasteiger partial charge is 0.357 e. The molecular weight excluding hydrogens is 222 g/mol. The van der Waals surface area contributed by atoms with Crippen molar-refractivity contribution in [3.63, 3.8) is 0 Å². The fraction of sp³-hybridized carbons (Fsp3) is 0.462. The summed E-state index contributed by atoms with van der Waals surface area (Å²) in [6, 6.07) is 3.25. The van der Waals surface area contributed by atoms with Crippen LogP contribution >= 0.6 is 0 Å². The molecule has 2 nitrogen and oxygen atoms in total. The van der Waals surface area contributed by atoms with Gasteiger partial charge in [-0.15, -0.1) is 0 Å². The molecule has 0 unspecified atom stereocenters. The molecule has 0 atom stereocenters. The normalized spacial score (nSPS) is 9.41. The molecule has 0 bridgehead atoms. The number of H-pyrrole nitrogens is 1. The van der Waals surface area contributed by atoms with E-state index in [4.69, 9.17) is 0 Å². The first-order valence-corrected chi connectivity index (χ1v) is 5.90. The molecule has 0 aromatic carbocycles. The Kier molecular flexibility index (Phi) is 7.10. The van der Waals surface area contributed by atoms with E-state index >= 15 is 0 Å². The van der Waals surface area contributed by atoms with E-state index in [9.17, 15) is 8.78 Å². The molecule has 1 N–H and O–H groups in total. The lowest BCUT2D eigenvalue weighted by Gasteiger charge is -1.97. The second-order valence-electron chi connectivity index (χ2n) is 2.95. The van der Waals surface area contributed by atoms with Gasteiger partial charge >= 0.3 is 0 Å². The summed E-state index contributed by atoms with van der Waals surface area (Å²) in [5, 5.41) is 0. The van der Waals surface area contributed by atoms with E-state index in [1.54, 1.807) is 0 Å². The van der Waals surface area contributed by atoms with E-state index in [1.807, 2.05) is 40.7 Å². The monoisotopic (exact) mass is 242 g/mol. The molecule has 0 spiro atoms. The van der Waals surface area contributed by atoms with Crippen molar-refractivity contribution in [1.29, 1.82) is 0 Å². The third kappa shape index (κ3) is 4.13. The van der Waals surface area contributed by atoms with Crippen LogP contribution in [0.1, 0.15) is 45.4 Å². The summed E-state index contributed by atoms with van der Waals surface area (Å²) < 4.78 is 24.5. The molecule has 0 aliphatic heterocycles. The van der Waals surface area contributed by atoms with Crippen molar-refractivity contribution >= 4 is 11.0 Å². The average Bonchev–Trinajstić information content (AvgIpc) is 2.73. The minimum Gasteiger partial charge on any atom is -0.357 e. The molecule has 2 aromatic heterocycles. The van der Waals surface area contributed by atoms with Crippen molar-refractivity contribution in [1.82, 2.24) is 9.97 Å². The Labute approximate surface area is 101 Å². The maximum Gasteiger partial charge on any atom is 0.265 e. The Hall–Kier alpha value is -1.45. The smallest absolute Gasteiger partial charge is 0.265 e. The second kappa shape index (κ2) is 7.76. The number of halogens is 2. The van der Waals surface area contributed by atoms with E-state index in [0.29, 0.717) is 5.52 Å². The number of aromatic amines is 1. The van der Waals surface area contributed by atoms with Gasteiger partial charge in [0, 0.05) is 17.5 Å². The highest BCUT2D eigenvalue weighted by molar-refractivity contribution is 5.76. The molecule has 2 heterocycles. The zero-order valence-corrected chi connectivity index (χ0v) is 11.0. The van der Waals surface area contributed by atoms with Crippen LogP contribution in [-0.4, -0.2) is 9.97 Å². The van der Waals surface area contributed by atoms with Crippen molar-refractivity contribution in [3.8, 4) is 0 Å². The van der Waals surface area contributed by atoms with E-state index in [-0.39, 0.29) is 5.56 Å². The van der Waals surface area contributed by atoms with Gasteiger partial charge in [0.25, 0.3) is 6.43 Å². The summed E-state index contributed by atoms with van der Waals surface area (Å²) in [7, 11) is 0. The van der Waals surface area contributed by atoms with Crippen LogP contribution in [0.25, 0.3) is 11.0 Å². The summed E-state index contributed by atoms with van der Waals surface area (Å²) in [6.45, 7) is 9.86. The molecule has 0 fully saturated rings. The van der Waals surface area contributed by atoms with Gasteiger partial charge < -0.3 is 4.98 Å². The van der Waals surface area contributed by atoms with Crippen LogP contribution < -0.4 is 0 Å². The highest BCUT2D eigenvalue weighted by Crippen LogP contribution is 2.21. The topological polar surface area (TPSA) is 28.7 Å². The van der Waals surface area contributed by atoms with Crippen molar-refractivity contribution in [2.45, 2.75) is 41.0 Å². The minimum absolute atomic E-state index is 0.0469. The van der Waals surface area contributed by atoms with Crippen LogP contribution in [-0.2, 0) is 0 Å². The lowest BCUT2D eigenvalue weighted by molar-refractivity contribution is 0.151. The summed E-state index contributed by atoms with van der Waals surface area (Å²) >= 11 is 0. The van der Waals surface area contributed by atoms with Gasteiger partial charge in [-0.1, -0.05) is 27.7 Å². The number of hydrogen-bond acceptors (Lipinski definition) is 1. The molecule has 4 heteroatoms. The highest BCUT2D eigenvalue weighted by atomic mass is 19.3. The molecule has 17 heavy (non-hydrogen) atoms. The predicted octanol–water partition coefficient (Wildman–Crippen LogP) is 4.86. The molecule has 0 amide bonds. The van der Waals surface area contributed by atoms with Crippen LogP contribution in [0.5, 0.6) is 0 Å². The van der Waals surface area contributed by atoms with Gasteiger partial charge in [0.1, 0.15) is 0 Å². The molecule has 2 aromatic rings. The molecule has 0 aliphatic rings. The first kappa shape index (κ1) is 15.6. The third-order valence-corrected chi connectivity index (χ3v) is 1.88. The first-order chi connectivity index (χ1) is 8.16. The van der Waals surface area contributed by atoms with Crippen molar-refractivity contribution in [2.24, 2.45) is 0 Å². The van der Waals surface area contributed by atoms with Gasteiger partial charge in [-0.25, -0.2) is 8.78 Å². The van der Waals surface area contributed by atoms with Gasteiger partial charge in [0.05, 0.1) is 11.0 Å². The van der Waals surface area contributed by atoms with E-state index in [0.717, 1.165) is 11.2 Å². The zero-order chi connectivity index (χ0) is 13.4. The van der Waals surface area contributed by atoms with E-state index in [2.05, 4.69) is 9.97 Å². The van der Waals surface area contributed by atoms with Gasteiger partial charge in [0.15, 0.2) is 0 Å². The minimum atomic E-state index is -2.46. The Balaban J connectivity index is 0.000000581. The SMILES string of the molecule is CC.CC.Cc1cc2ncc(C(F)F)cc2[nH]1. The molecule has 96 valence electrons. The number of pyridine rings is 1. The summed E-state index contributed by atoms with van der Waals surface area (Å²) in [6.07, 6.45) is -1.25. The Morgan fingerprint density at radius 2 is 1.71 bits per heavy atom.